The number of halogens is 1. The molecule has 0 saturated heterocycles. The molecular weight excluding hydrogens is 242 g/mol. The van der Waals surface area contributed by atoms with Crippen molar-refractivity contribution in [3.63, 3.8) is 0 Å². The number of benzene rings is 1. The maximum absolute atomic E-state index is 11.5. The third-order valence-electron chi connectivity index (χ3n) is 2.30. The van der Waals surface area contributed by atoms with Crippen LogP contribution in [-0.4, -0.2) is 23.3 Å². The summed E-state index contributed by atoms with van der Waals surface area (Å²) in [7, 11) is 1.29. The van der Waals surface area contributed by atoms with Gasteiger partial charge in [0.2, 0.25) is 0 Å². The van der Waals surface area contributed by atoms with Crippen LogP contribution in [0.15, 0.2) is 24.3 Å². The third kappa shape index (κ3) is 2.09. The second kappa shape index (κ2) is 4.47. The fourth-order valence-electron chi connectivity index (χ4n) is 1.54. The van der Waals surface area contributed by atoms with E-state index in [1.807, 2.05) is 0 Å². The fourth-order valence-corrected chi connectivity index (χ4v) is 1.73. The normalized spacial score (nSPS) is 10.2. The van der Waals surface area contributed by atoms with E-state index in [-0.39, 0.29) is 11.5 Å². The highest BCUT2D eigenvalue weighted by Crippen LogP contribution is 2.29. The Labute approximate surface area is 103 Å². The minimum Gasteiger partial charge on any atom is -0.464 e. The second-order valence-electron chi connectivity index (χ2n) is 3.36. The molecule has 0 radical (unpaired) electrons. The summed E-state index contributed by atoms with van der Waals surface area (Å²) in [4.78, 5) is 11.5. The Morgan fingerprint density at radius 1 is 1.53 bits per heavy atom. The van der Waals surface area contributed by atoms with Crippen LogP contribution in [0.4, 0.5) is 5.82 Å². The van der Waals surface area contributed by atoms with Gasteiger partial charge >= 0.3 is 5.97 Å². The van der Waals surface area contributed by atoms with E-state index in [4.69, 9.17) is 17.3 Å². The number of methoxy groups -OCH3 is 1. The number of nitrogens with two attached hydrogens (primary N) is 1. The summed E-state index contributed by atoms with van der Waals surface area (Å²) in [6.07, 6.45) is 0. The number of H-pyrrole nitrogens is 1. The van der Waals surface area contributed by atoms with Gasteiger partial charge in [-0.15, -0.1) is 0 Å². The van der Waals surface area contributed by atoms with Gasteiger partial charge in [0.25, 0.3) is 0 Å². The van der Waals surface area contributed by atoms with Gasteiger partial charge in [0.05, 0.1) is 12.7 Å². The van der Waals surface area contributed by atoms with Gasteiger partial charge < -0.3 is 10.5 Å². The molecule has 0 atom stereocenters. The first-order chi connectivity index (χ1) is 8.13. The molecule has 0 aliphatic rings. The number of anilines is 1. The molecule has 5 nitrogen and oxygen atoms in total. The van der Waals surface area contributed by atoms with Gasteiger partial charge in [-0.05, 0) is 17.7 Å². The lowest BCUT2D eigenvalue weighted by molar-refractivity contribution is 0.0595. The molecule has 0 spiro atoms. The van der Waals surface area contributed by atoms with Crippen molar-refractivity contribution < 1.29 is 9.53 Å². The van der Waals surface area contributed by atoms with Crippen LogP contribution in [0, 0.1) is 0 Å². The largest absolute Gasteiger partial charge is 0.464 e. The third-order valence-corrected chi connectivity index (χ3v) is 2.53. The number of hydrogen-bond donors (Lipinski definition) is 2. The number of aromatic amines is 1. The van der Waals surface area contributed by atoms with Gasteiger partial charge in [-0.3, -0.25) is 5.10 Å². The van der Waals surface area contributed by atoms with E-state index >= 15 is 0 Å². The first-order valence-corrected chi connectivity index (χ1v) is 5.19. The molecule has 2 aromatic rings. The van der Waals surface area contributed by atoms with Crippen LogP contribution >= 0.6 is 11.6 Å². The summed E-state index contributed by atoms with van der Waals surface area (Å²) >= 11 is 5.89. The highest BCUT2D eigenvalue weighted by Gasteiger charge is 2.19. The van der Waals surface area contributed by atoms with E-state index in [9.17, 15) is 4.79 Å². The number of nitrogens with one attached hydrogen (secondary N) is 1. The Kier molecular flexibility index (Phi) is 3.01. The van der Waals surface area contributed by atoms with E-state index in [0.717, 1.165) is 0 Å². The van der Waals surface area contributed by atoms with Crippen molar-refractivity contribution in [2.45, 2.75) is 0 Å². The number of esters is 1. The minimum atomic E-state index is -0.524. The molecule has 1 aromatic carbocycles. The number of carbonyl (C=O) groups is 1. The number of ether oxygens (including phenoxy) is 1. The van der Waals surface area contributed by atoms with Crippen molar-refractivity contribution in [3.8, 4) is 11.1 Å². The zero-order chi connectivity index (χ0) is 12.4. The van der Waals surface area contributed by atoms with E-state index in [0.29, 0.717) is 16.1 Å². The van der Waals surface area contributed by atoms with E-state index in [1.54, 1.807) is 24.3 Å². The van der Waals surface area contributed by atoms with Crippen LogP contribution in [0.3, 0.4) is 0 Å². The summed E-state index contributed by atoms with van der Waals surface area (Å²) in [5, 5.41) is 6.91. The quantitative estimate of drug-likeness (QED) is 0.801. The first-order valence-electron chi connectivity index (χ1n) is 4.81. The molecule has 0 aliphatic carbocycles. The van der Waals surface area contributed by atoms with Crippen molar-refractivity contribution in [2.75, 3.05) is 12.8 Å². The topological polar surface area (TPSA) is 81.0 Å². The number of rotatable bonds is 2. The van der Waals surface area contributed by atoms with Gasteiger partial charge in [0.15, 0.2) is 11.5 Å². The van der Waals surface area contributed by atoms with Crippen LogP contribution in [0.1, 0.15) is 10.5 Å². The summed E-state index contributed by atoms with van der Waals surface area (Å²) in [5.41, 5.74) is 7.15. The summed E-state index contributed by atoms with van der Waals surface area (Å²) in [6.45, 7) is 0. The molecule has 88 valence electrons. The molecule has 17 heavy (non-hydrogen) atoms. The smallest absolute Gasteiger partial charge is 0.356 e. The van der Waals surface area contributed by atoms with Crippen LogP contribution < -0.4 is 5.73 Å². The predicted octanol–water partition coefficient (Wildman–Crippen LogP) is 2.10. The van der Waals surface area contributed by atoms with Gasteiger partial charge in [0.1, 0.15) is 0 Å². The molecule has 0 aliphatic heterocycles. The van der Waals surface area contributed by atoms with E-state index in [2.05, 4.69) is 14.9 Å². The molecule has 0 unspecified atom stereocenters. The molecule has 0 saturated carbocycles. The lowest BCUT2D eigenvalue weighted by atomic mass is 10.1. The maximum atomic E-state index is 11.5. The zero-order valence-electron chi connectivity index (χ0n) is 9.03. The average molecular weight is 252 g/mol. The first kappa shape index (κ1) is 11.5. The Morgan fingerprint density at radius 3 is 2.94 bits per heavy atom. The number of nitrogens with zero attached hydrogens (tertiary/aromatic N) is 1. The molecule has 0 amide bonds. The number of carbonyl (C=O) groups excluding carboxylic acids is 1. The number of nitrogen functional groups attached to an aromatic ring is 1. The standard InChI is InChI=1S/C11H10ClN3O2/c1-17-11(16)9-8(10(13)15-14-9)6-3-2-4-7(12)5-6/h2-5H,1H3,(H3,13,14,15). The summed E-state index contributed by atoms with van der Waals surface area (Å²) in [6, 6.07) is 7.00. The van der Waals surface area contributed by atoms with E-state index < -0.39 is 5.97 Å². The van der Waals surface area contributed by atoms with Crippen LogP contribution in [0.25, 0.3) is 11.1 Å². The molecule has 2 rings (SSSR count). The number of aromatic nitrogens is 2. The van der Waals surface area contributed by atoms with Gasteiger partial charge in [-0.25, -0.2) is 4.79 Å². The maximum Gasteiger partial charge on any atom is 0.356 e. The van der Waals surface area contributed by atoms with Crippen molar-refractivity contribution in [3.05, 3.63) is 35.0 Å². The monoisotopic (exact) mass is 251 g/mol. The minimum absolute atomic E-state index is 0.215. The molecule has 0 bridgehead atoms. The molecule has 1 aromatic heterocycles. The Balaban J connectivity index is 2.58. The molecule has 3 N–H and O–H groups in total. The lowest BCUT2D eigenvalue weighted by Gasteiger charge is -2.03. The highest BCUT2D eigenvalue weighted by atomic mass is 35.5. The van der Waals surface area contributed by atoms with Crippen molar-refractivity contribution in [1.29, 1.82) is 0 Å². The zero-order valence-corrected chi connectivity index (χ0v) is 9.78. The van der Waals surface area contributed by atoms with Crippen LogP contribution in [-0.2, 0) is 4.74 Å². The molecule has 1 heterocycles. The SMILES string of the molecule is COC(=O)c1[nH]nc(N)c1-c1cccc(Cl)c1. The predicted molar refractivity (Wildman–Crippen MR) is 64.8 cm³/mol. The average Bonchev–Trinajstić information content (AvgIpc) is 2.70. The molecule has 6 heteroatoms. The fraction of sp³-hybridized carbons (Fsp3) is 0.0909. The number of hydrogen-bond acceptors (Lipinski definition) is 4. The molecular formula is C11H10ClN3O2. The van der Waals surface area contributed by atoms with Crippen molar-refractivity contribution >= 4 is 23.4 Å². The Bertz CT molecular complexity index is 566. The highest BCUT2D eigenvalue weighted by molar-refractivity contribution is 6.30. The van der Waals surface area contributed by atoms with Crippen molar-refractivity contribution in [1.82, 2.24) is 10.2 Å². The molecule has 0 fully saturated rings. The summed E-state index contributed by atoms with van der Waals surface area (Å²) in [5.74, 6) is -0.295. The van der Waals surface area contributed by atoms with Gasteiger partial charge in [-0.2, -0.15) is 5.10 Å². The van der Waals surface area contributed by atoms with E-state index in [1.165, 1.54) is 7.11 Å². The van der Waals surface area contributed by atoms with Crippen LogP contribution in [0.2, 0.25) is 5.02 Å². The van der Waals surface area contributed by atoms with Crippen LogP contribution in [0.5, 0.6) is 0 Å². The lowest BCUT2D eigenvalue weighted by Crippen LogP contribution is -2.03. The Morgan fingerprint density at radius 2 is 2.29 bits per heavy atom. The van der Waals surface area contributed by atoms with Gasteiger partial charge in [-0.1, -0.05) is 23.7 Å². The second-order valence-corrected chi connectivity index (χ2v) is 3.80. The van der Waals surface area contributed by atoms with Crippen molar-refractivity contribution in [2.24, 2.45) is 0 Å². The Hall–Kier alpha value is -2.01. The summed E-state index contributed by atoms with van der Waals surface area (Å²) < 4.78 is 4.64. The van der Waals surface area contributed by atoms with Gasteiger partial charge in [0, 0.05) is 5.02 Å².